The first kappa shape index (κ1) is 13.8. The number of ether oxygens (including phenoxy) is 3. The number of methoxy groups -OCH3 is 1. The summed E-state index contributed by atoms with van der Waals surface area (Å²) in [6.45, 7) is 5.07. The van der Waals surface area contributed by atoms with Crippen molar-refractivity contribution in [3.63, 3.8) is 0 Å². The molecule has 0 aliphatic carbocycles. The van der Waals surface area contributed by atoms with Crippen molar-refractivity contribution in [2.75, 3.05) is 40.1 Å². The van der Waals surface area contributed by atoms with E-state index in [1.807, 2.05) is 0 Å². The van der Waals surface area contributed by atoms with Crippen LogP contribution >= 0.6 is 0 Å². The molecule has 0 amide bonds. The maximum absolute atomic E-state index is 8.93. The summed E-state index contributed by atoms with van der Waals surface area (Å²) < 4.78 is 15.4. The van der Waals surface area contributed by atoms with Crippen molar-refractivity contribution in [3.8, 4) is 0 Å². The first-order chi connectivity index (χ1) is 6.77. The van der Waals surface area contributed by atoms with Crippen LogP contribution in [0.3, 0.4) is 0 Å². The zero-order chi connectivity index (χ0) is 10.6. The van der Waals surface area contributed by atoms with Crippen LogP contribution in [0.15, 0.2) is 0 Å². The molecule has 86 valence electrons. The minimum Gasteiger partial charge on any atom is -0.393 e. The van der Waals surface area contributed by atoms with Crippen molar-refractivity contribution in [1.29, 1.82) is 0 Å². The fraction of sp³-hybridized carbons (Fsp3) is 1.00. The van der Waals surface area contributed by atoms with Gasteiger partial charge < -0.3 is 19.3 Å². The molecule has 1 unspecified atom stereocenters. The molecular weight excluding hydrogens is 184 g/mol. The van der Waals surface area contributed by atoms with E-state index in [0.717, 1.165) is 6.42 Å². The van der Waals surface area contributed by atoms with Gasteiger partial charge in [-0.2, -0.15) is 0 Å². The van der Waals surface area contributed by atoms with Crippen LogP contribution in [0.5, 0.6) is 0 Å². The van der Waals surface area contributed by atoms with E-state index in [9.17, 15) is 0 Å². The van der Waals surface area contributed by atoms with Crippen molar-refractivity contribution in [2.45, 2.75) is 25.9 Å². The maximum Gasteiger partial charge on any atom is 0.0700 e. The molecule has 4 heteroatoms. The van der Waals surface area contributed by atoms with E-state index in [4.69, 9.17) is 19.3 Å². The molecule has 0 saturated heterocycles. The number of aliphatic hydroxyl groups is 1. The number of hydrogen-bond acceptors (Lipinski definition) is 4. The summed E-state index contributed by atoms with van der Waals surface area (Å²) in [7, 11) is 1.66. The smallest absolute Gasteiger partial charge is 0.0700 e. The molecule has 0 rings (SSSR count). The third kappa shape index (κ3) is 11.8. The minimum atomic E-state index is -0.270. The fourth-order valence-corrected chi connectivity index (χ4v) is 0.863. The van der Waals surface area contributed by atoms with Gasteiger partial charge in [-0.25, -0.2) is 0 Å². The molecule has 1 atom stereocenters. The zero-order valence-corrected chi connectivity index (χ0v) is 9.20. The highest BCUT2D eigenvalue weighted by molar-refractivity contribution is 4.44. The average Bonchev–Trinajstić information content (AvgIpc) is 2.15. The van der Waals surface area contributed by atoms with Crippen LogP contribution in [-0.4, -0.2) is 51.4 Å². The van der Waals surface area contributed by atoms with Gasteiger partial charge in [-0.3, -0.25) is 0 Å². The molecule has 0 spiro atoms. The molecule has 0 saturated carbocycles. The van der Waals surface area contributed by atoms with Gasteiger partial charge in [0, 0.05) is 26.9 Å². The Labute approximate surface area is 86.2 Å². The number of rotatable bonds is 10. The van der Waals surface area contributed by atoms with Gasteiger partial charge in [-0.15, -0.1) is 0 Å². The van der Waals surface area contributed by atoms with Gasteiger partial charge in [0.15, 0.2) is 0 Å². The molecule has 0 aliphatic rings. The van der Waals surface area contributed by atoms with Gasteiger partial charge in [0.2, 0.25) is 0 Å². The van der Waals surface area contributed by atoms with Crippen molar-refractivity contribution in [2.24, 2.45) is 0 Å². The summed E-state index contributed by atoms with van der Waals surface area (Å²) in [6, 6.07) is 0. The predicted molar refractivity (Wildman–Crippen MR) is 54.4 cm³/mol. The second-order valence-corrected chi connectivity index (χ2v) is 3.21. The Morgan fingerprint density at radius 2 is 1.64 bits per heavy atom. The summed E-state index contributed by atoms with van der Waals surface area (Å²) >= 11 is 0. The Bertz CT molecular complexity index is 106. The van der Waals surface area contributed by atoms with Crippen molar-refractivity contribution < 1.29 is 19.3 Å². The first-order valence-corrected chi connectivity index (χ1v) is 5.10. The van der Waals surface area contributed by atoms with E-state index < -0.39 is 0 Å². The van der Waals surface area contributed by atoms with Gasteiger partial charge in [0.25, 0.3) is 0 Å². The van der Waals surface area contributed by atoms with Gasteiger partial charge in [-0.05, 0) is 19.8 Å². The van der Waals surface area contributed by atoms with Crippen LogP contribution < -0.4 is 0 Å². The third-order valence-corrected chi connectivity index (χ3v) is 1.69. The van der Waals surface area contributed by atoms with Crippen molar-refractivity contribution in [3.05, 3.63) is 0 Å². The lowest BCUT2D eigenvalue weighted by Crippen LogP contribution is -2.08. The topological polar surface area (TPSA) is 47.9 Å². The average molecular weight is 206 g/mol. The molecule has 4 nitrogen and oxygen atoms in total. The Balaban J connectivity index is 2.85. The second-order valence-electron chi connectivity index (χ2n) is 3.21. The zero-order valence-electron chi connectivity index (χ0n) is 9.20. The Kier molecular flexibility index (Phi) is 10.8. The van der Waals surface area contributed by atoms with E-state index in [2.05, 4.69) is 0 Å². The minimum absolute atomic E-state index is 0.270. The quantitative estimate of drug-likeness (QED) is 0.538. The lowest BCUT2D eigenvalue weighted by atomic mass is 10.3. The van der Waals surface area contributed by atoms with Gasteiger partial charge in [-0.1, -0.05) is 0 Å². The molecular formula is C10H22O4. The van der Waals surface area contributed by atoms with E-state index >= 15 is 0 Å². The molecule has 0 bridgehead atoms. The SMILES string of the molecule is COCCOCCCOCCC(C)O. The molecule has 0 fully saturated rings. The van der Waals surface area contributed by atoms with Crippen molar-refractivity contribution in [1.82, 2.24) is 0 Å². The molecule has 1 N–H and O–H groups in total. The highest BCUT2D eigenvalue weighted by Gasteiger charge is 1.95. The largest absolute Gasteiger partial charge is 0.393 e. The highest BCUT2D eigenvalue weighted by Crippen LogP contribution is 1.91. The lowest BCUT2D eigenvalue weighted by Gasteiger charge is -2.06. The molecule has 0 aliphatic heterocycles. The van der Waals surface area contributed by atoms with E-state index in [1.54, 1.807) is 14.0 Å². The monoisotopic (exact) mass is 206 g/mol. The van der Waals surface area contributed by atoms with Gasteiger partial charge >= 0.3 is 0 Å². The molecule has 0 heterocycles. The second kappa shape index (κ2) is 10.9. The van der Waals surface area contributed by atoms with Gasteiger partial charge in [0.1, 0.15) is 0 Å². The van der Waals surface area contributed by atoms with Crippen LogP contribution in [0.25, 0.3) is 0 Å². The Morgan fingerprint density at radius 1 is 1.00 bits per heavy atom. The van der Waals surface area contributed by atoms with Crippen molar-refractivity contribution >= 4 is 0 Å². The van der Waals surface area contributed by atoms with Crippen LogP contribution in [0.4, 0.5) is 0 Å². The van der Waals surface area contributed by atoms with Gasteiger partial charge in [0.05, 0.1) is 19.3 Å². The summed E-state index contributed by atoms with van der Waals surface area (Å²) in [5.74, 6) is 0. The summed E-state index contributed by atoms with van der Waals surface area (Å²) in [4.78, 5) is 0. The Hall–Kier alpha value is -0.160. The Morgan fingerprint density at radius 3 is 2.21 bits per heavy atom. The molecule has 0 radical (unpaired) electrons. The molecule has 0 aromatic rings. The van der Waals surface area contributed by atoms with Crippen LogP contribution in [0.2, 0.25) is 0 Å². The standard InChI is InChI=1S/C10H22O4/c1-10(11)4-7-13-5-3-6-14-9-8-12-2/h10-11H,3-9H2,1-2H3. The molecule has 0 aromatic heterocycles. The van der Waals surface area contributed by atoms with Crippen LogP contribution in [0.1, 0.15) is 19.8 Å². The first-order valence-electron chi connectivity index (χ1n) is 5.10. The molecule has 14 heavy (non-hydrogen) atoms. The third-order valence-electron chi connectivity index (χ3n) is 1.69. The fourth-order valence-electron chi connectivity index (χ4n) is 0.863. The van der Waals surface area contributed by atoms with Crippen LogP contribution in [-0.2, 0) is 14.2 Å². The predicted octanol–water partition coefficient (Wildman–Crippen LogP) is 0.827. The maximum atomic E-state index is 8.93. The highest BCUT2D eigenvalue weighted by atomic mass is 16.5. The van der Waals surface area contributed by atoms with Crippen LogP contribution in [0, 0.1) is 0 Å². The van der Waals surface area contributed by atoms with E-state index in [-0.39, 0.29) is 6.10 Å². The van der Waals surface area contributed by atoms with E-state index in [1.165, 1.54) is 0 Å². The summed E-state index contributed by atoms with van der Waals surface area (Å²) in [5, 5.41) is 8.93. The number of hydrogen-bond donors (Lipinski definition) is 1. The normalized spacial score (nSPS) is 13.1. The molecule has 0 aromatic carbocycles. The van der Waals surface area contributed by atoms with E-state index in [0.29, 0.717) is 39.5 Å². The number of aliphatic hydroxyl groups excluding tert-OH is 1. The lowest BCUT2D eigenvalue weighted by molar-refractivity contribution is 0.0448. The summed E-state index contributed by atoms with van der Waals surface area (Å²) in [6.07, 6.45) is 1.32. The summed E-state index contributed by atoms with van der Waals surface area (Å²) in [5.41, 5.74) is 0.